The fraction of sp³-hybridized carbons (Fsp3) is 0.864. The maximum atomic E-state index is 12.3. The van der Waals surface area contributed by atoms with Crippen molar-refractivity contribution in [3.8, 4) is 0 Å². The lowest BCUT2D eigenvalue weighted by Gasteiger charge is -2.61. The first kappa shape index (κ1) is 16.8. The second kappa shape index (κ2) is 5.69. The lowest BCUT2D eigenvalue weighted by molar-refractivity contribution is -0.134. The highest BCUT2D eigenvalue weighted by Gasteiger charge is 2.61. The Hall–Kier alpha value is -0.630. The Kier molecular flexibility index (Phi) is 3.99. The summed E-state index contributed by atoms with van der Waals surface area (Å²) in [5.41, 5.74) is 0.508. The van der Waals surface area contributed by atoms with Crippen molar-refractivity contribution in [2.45, 2.75) is 77.7 Å². The molecule has 24 heavy (non-hydrogen) atoms. The molecule has 4 aliphatic carbocycles. The summed E-state index contributed by atoms with van der Waals surface area (Å²) in [5, 5.41) is 10.1. The van der Waals surface area contributed by atoms with Crippen LogP contribution in [-0.2, 0) is 4.79 Å². The summed E-state index contributed by atoms with van der Waals surface area (Å²) in [6, 6.07) is 0. The van der Waals surface area contributed by atoms with Gasteiger partial charge in [-0.3, -0.25) is 4.79 Å². The number of hydrogen-bond acceptors (Lipinski definition) is 2. The second-order valence-corrected chi connectivity index (χ2v) is 9.68. The maximum Gasteiger partial charge on any atom is 0.133 e. The molecule has 4 fully saturated rings. The van der Waals surface area contributed by atoms with Gasteiger partial charge < -0.3 is 5.11 Å². The zero-order valence-corrected chi connectivity index (χ0v) is 15.5. The molecule has 4 rings (SSSR count). The van der Waals surface area contributed by atoms with Crippen molar-refractivity contribution < 1.29 is 9.90 Å². The van der Waals surface area contributed by atoms with Crippen molar-refractivity contribution in [1.29, 1.82) is 0 Å². The number of carbonyl (C=O) groups is 1. The second-order valence-electron chi connectivity index (χ2n) is 9.68. The predicted octanol–water partition coefficient (Wildman–Crippen LogP) is 4.76. The molecule has 0 spiro atoms. The summed E-state index contributed by atoms with van der Waals surface area (Å²) < 4.78 is 0. The SMILES string of the molecule is C=CC12CC[C@H]3C(CC[C@H]4C[C@H](O)CCC43C)[C@@H]1CCC2C(C)=O. The monoisotopic (exact) mass is 330 g/mol. The molecule has 1 N–H and O–H groups in total. The van der Waals surface area contributed by atoms with Gasteiger partial charge in [-0.25, -0.2) is 0 Å². The summed E-state index contributed by atoms with van der Waals surface area (Å²) in [6.07, 6.45) is 12.6. The van der Waals surface area contributed by atoms with Crippen molar-refractivity contribution >= 4 is 5.78 Å². The molecule has 8 atom stereocenters. The number of Topliss-reactive ketones (excluding diaryl/α,β-unsaturated/α-hetero) is 1. The first-order valence-electron chi connectivity index (χ1n) is 10.2. The number of aliphatic hydroxyl groups excluding tert-OH is 1. The number of aliphatic hydroxyl groups is 1. The van der Waals surface area contributed by atoms with Gasteiger partial charge in [0.2, 0.25) is 0 Å². The van der Waals surface area contributed by atoms with Crippen LogP contribution < -0.4 is 0 Å². The Morgan fingerprint density at radius 3 is 2.58 bits per heavy atom. The van der Waals surface area contributed by atoms with Gasteiger partial charge in [-0.05, 0) is 93.8 Å². The molecule has 0 bridgehead atoms. The molecule has 4 aliphatic rings. The molecule has 134 valence electrons. The van der Waals surface area contributed by atoms with Gasteiger partial charge in [0.25, 0.3) is 0 Å². The van der Waals surface area contributed by atoms with Crippen LogP contribution in [0, 0.1) is 40.4 Å². The van der Waals surface area contributed by atoms with Gasteiger partial charge in [0.05, 0.1) is 6.10 Å². The lowest BCUT2D eigenvalue weighted by atomic mass is 9.44. The smallest absolute Gasteiger partial charge is 0.133 e. The van der Waals surface area contributed by atoms with Gasteiger partial charge in [-0.15, -0.1) is 6.58 Å². The summed E-state index contributed by atoms with van der Waals surface area (Å²) in [7, 11) is 0. The predicted molar refractivity (Wildman–Crippen MR) is 96.4 cm³/mol. The molecule has 0 heterocycles. The fourth-order valence-electron chi connectivity index (χ4n) is 7.94. The normalized spacial score (nSPS) is 53.6. The minimum Gasteiger partial charge on any atom is -0.393 e. The summed E-state index contributed by atoms with van der Waals surface area (Å²) >= 11 is 0. The van der Waals surface area contributed by atoms with E-state index in [1.165, 1.54) is 32.1 Å². The molecule has 2 heteroatoms. The Morgan fingerprint density at radius 1 is 1.08 bits per heavy atom. The van der Waals surface area contributed by atoms with Gasteiger partial charge in [-0.1, -0.05) is 13.0 Å². The molecular weight excluding hydrogens is 296 g/mol. The molecule has 0 radical (unpaired) electrons. The minimum absolute atomic E-state index is 0.0657. The van der Waals surface area contributed by atoms with E-state index in [4.69, 9.17) is 0 Å². The van der Waals surface area contributed by atoms with Gasteiger partial charge >= 0.3 is 0 Å². The van der Waals surface area contributed by atoms with E-state index in [2.05, 4.69) is 19.6 Å². The van der Waals surface area contributed by atoms with Gasteiger partial charge in [0.1, 0.15) is 5.78 Å². The highest BCUT2D eigenvalue weighted by atomic mass is 16.3. The van der Waals surface area contributed by atoms with Crippen molar-refractivity contribution in [3.05, 3.63) is 12.7 Å². The molecular formula is C22H34O2. The van der Waals surface area contributed by atoms with E-state index < -0.39 is 0 Å². The molecule has 4 saturated carbocycles. The Balaban J connectivity index is 1.65. The topological polar surface area (TPSA) is 37.3 Å². The van der Waals surface area contributed by atoms with E-state index in [0.29, 0.717) is 23.0 Å². The van der Waals surface area contributed by atoms with Crippen LogP contribution in [0.5, 0.6) is 0 Å². The number of fused-ring (bicyclic) bond motifs is 5. The number of ketones is 1. The van der Waals surface area contributed by atoms with Gasteiger partial charge in [0, 0.05) is 11.3 Å². The summed E-state index contributed by atoms with van der Waals surface area (Å²) in [5.74, 6) is 3.57. The van der Waals surface area contributed by atoms with Crippen LogP contribution in [0.25, 0.3) is 0 Å². The number of rotatable bonds is 2. The Morgan fingerprint density at radius 2 is 1.88 bits per heavy atom. The third-order valence-corrected chi connectivity index (χ3v) is 9.10. The molecule has 0 amide bonds. The summed E-state index contributed by atoms with van der Waals surface area (Å²) in [6.45, 7) is 8.53. The quantitative estimate of drug-likeness (QED) is 0.741. The molecule has 0 saturated heterocycles. The molecule has 2 nitrogen and oxygen atoms in total. The minimum atomic E-state index is -0.0657. The van der Waals surface area contributed by atoms with Gasteiger partial charge in [-0.2, -0.15) is 0 Å². The Labute approximate surface area is 147 Å². The van der Waals surface area contributed by atoms with E-state index in [1.54, 1.807) is 6.92 Å². The van der Waals surface area contributed by atoms with Crippen molar-refractivity contribution in [1.82, 2.24) is 0 Å². The number of allylic oxidation sites excluding steroid dienone is 1. The highest BCUT2D eigenvalue weighted by Crippen LogP contribution is 2.67. The largest absolute Gasteiger partial charge is 0.393 e. The number of carbonyl (C=O) groups excluding carboxylic acids is 1. The standard InChI is InChI=1S/C22H34O2/c1-4-22-12-10-19-17(20(22)8-7-18(22)14(2)23)6-5-15-13-16(24)9-11-21(15,19)3/h4,15-20,24H,1,5-13H2,2-3H3/t15-,16+,17?,18?,19-,20-,21?,22?/m0/s1. The Bertz CT molecular complexity index is 540. The zero-order chi connectivity index (χ0) is 17.1. The van der Waals surface area contributed by atoms with Crippen LogP contribution in [0.1, 0.15) is 71.6 Å². The first-order valence-corrected chi connectivity index (χ1v) is 10.2. The van der Waals surface area contributed by atoms with Gasteiger partial charge in [0.15, 0.2) is 0 Å². The molecule has 0 aromatic rings. The average molecular weight is 331 g/mol. The van der Waals surface area contributed by atoms with Crippen molar-refractivity contribution in [2.75, 3.05) is 0 Å². The van der Waals surface area contributed by atoms with E-state index in [9.17, 15) is 9.90 Å². The van der Waals surface area contributed by atoms with Crippen LogP contribution in [0.4, 0.5) is 0 Å². The van der Waals surface area contributed by atoms with Crippen LogP contribution in [0.2, 0.25) is 0 Å². The first-order chi connectivity index (χ1) is 11.4. The van der Waals surface area contributed by atoms with E-state index in [-0.39, 0.29) is 17.4 Å². The van der Waals surface area contributed by atoms with Crippen LogP contribution >= 0.6 is 0 Å². The highest BCUT2D eigenvalue weighted by molar-refractivity contribution is 5.80. The molecule has 4 unspecified atom stereocenters. The van der Waals surface area contributed by atoms with Crippen LogP contribution in [-0.4, -0.2) is 17.0 Å². The zero-order valence-electron chi connectivity index (χ0n) is 15.5. The summed E-state index contributed by atoms with van der Waals surface area (Å²) in [4.78, 5) is 12.3. The van der Waals surface area contributed by atoms with Crippen LogP contribution in [0.15, 0.2) is 12.7 Å². The number of hydrogen-bond donors (Lipinski definition) is 1. The van der Waals surface area contributed by atoms with Crippen molar-refractivity contribution in [2.24, 2.45) is 40.4 Å². The average Bonchev–Trinajstić information content (AvgIpc) is 2.95. The molecule has 0 aromatic heterocycles. The third kappa shape index (κ3) is 2.14. The molecule has 0 aromatic carbocycles. The maximum absolute atomic E-state index is 12.3. The van der Waals surface area contributed by atoms with E-state index in [0.717, 1.165) is 37.5 Å². The van der Waals surface area contributed by atoms with E-state index in [1.807, 2.05) is 0 Å². The van der Waals surface area contributed by atoms with Crippen LogP contribution in [0.3, 0.4) is 0 Å². The third-order valence-electron chi connectivity index (χ3n) is 9.10. The fourth-order valence-corrected chi connectivity index (χ4v) is 7.94. The molecule has 0 aliphatic heterocycles. The van der Waals surface area contributed by atoms with Crippen molar-refractivity contribution in [3.63, 3.8) is 0 Å². The lowest BCUT2D eigenvalue weighted by Crippen LogP contribution is -2.54. The van der Waals surface area contributed by atoms with E-state index >= 15 is 0 Å².